The Hall–Kier alpha value is -2.93. The van der Waals surface area contributed by atoms with Gasteiger partial charge in [-0.25, -0.2) is 9.98 Å². The van der Waals surface area contributed by atoms with E-state index in [4.69, 9.17) is 5.73 Å². The zero-order chi connectivity index (χ0) is 17.6. The highest BCUT2D eigenvalue weighted by molar-refractivity contribution is 5.73. The maximum Gasteiger partial charge on any atom is 0.271 e. The van der Waals surface area contributed by atoms with E-state index in [2.05, 4.69) is 31.3 Å². The molecule has 0 saturated carbocycles. The summed E-state index contributed by atoms with van der Waals surface area (Å²) in [5.74, 6) is 0.722. The van der Waals surface area contributed by atoms with Gasteiger partial charge in [-0.15, -0.1) is 0 Å². The Kier molecular flexibility index (Phi) is 5.25. The fourth-order valence-corrected chi connectivity index (χ4v) is 2.81. The van der Waals surface area contributed by atoms with Crippen LogP contribution in [0.1, 0.15) is 5.69 Å². The maximum atomic E-state index is 12.2. The zero-order valence-corrected chi connectivity index (χ0v) is 14.1. The van der Waals surface area contributed by atoms with E-state index in [1.807, 2.05) is 24.3 Å². The van der Waals surface area contributed by atoms with Gasteiger partial charge in [0.25, 0.3) is 5.56 Å². The highest BCUT2D eigenvalue weighted by Crippen LogP contribution is 2.11. The van der Waals surface area contributed by atoms with Crippen molar-refractivity contribution in [3.63, 3.8) is 0 Å². The third kappa shape index (κ3) is 4.13. The molecule has 1 fully saturated rings. The average molecular weight is 338 g/mol. The number of hydrogen-bond donors (Lipinski definition) is 2. The van der Waals surface area contributed by atoms with Gasteiger partial charge in [0, 0.05) is 38.9 Å². The lowest BCUT2D eigenvalue weighted by Crippen LogP contribution is -2.45. The van der Waals surface area contributed by atoms with Gasteiger partial charge in [0.05, 0.1) is 11.0 Å². The predicted molar refractivity (Wildman–Crippen MR) is 100 cm³/mol. The van der Waals surface area contributed by atoms with Crippen molar-refractivity contribution in [3.8, 4) is 0 Å². The molecule has 1 aliphatic rings. The molecule has 3 N–H and O–H groups in total. The average Bonchev–Trinajstić information content (AvgIpc) is 2.63. The van der Waals surface area contributed by atoms with Gasteiger partial charge in [0.1, 0.15) is 11.5 Å². The minimum absolute atomic E-state index is 0.122. The number of nitrogens with two attached hydrogens (primary N) is 1. The summed E-state index contributed by atoms with van der Waals surface area (Å²) in [4.78, 5) is 28.2. The predicted octanol–water partition coefficient (Wildman–Crippen LogP) is 1.06. The van der Waals surface area contributed by atoms with Crippen LogP contribution in [0.15, 0.2) is 58.7 Å². The van der Waals surface area contributed by atoms with Crippen LogP contribution in [-0.4, -0.2) is 52.2 Å². The second kappa shape index (κ2) is 7.76. The van der Waals surface area contributed by atoms with E-state index in [1.165, 1.54) is 6.20 Å². The molecule has 0 unspecified atom stereocenters. The highest BCUT2D eigenvalue weighted by atomic mass is 16.1. The van der Waals surface area contributed by atoms with E-state index in [0.29, 0.717) is 12.2 Å². The second-order valence-corrected chi connectivity index (χ2v) is 5.87. The molecule has 2 heterocycles. The Bertz CT molecular complexity index is 861. The molecule has 25 heavy (non-hydrogen) atoms. The van der Waals surface area contributed by atoms with Gasteiger partial charge in [0.2, 0.25) is 0 Å². The topological polar surface area (TPSA) is 90.6 Å². The molecule has 0 spiro atoms. The Morgan fingerprint density at radius 2 is 2.08 bits per heavy atom. The summed E-state index contributed by atoms with van der Waals surface area (Å²) < 4.78 is 0. The number of piperazine rings is 1. The smallest absolute Gasteiger partial charge is 0.271 e. The van der Waals surface area contributed by atoms with Gasteiger partial charge >= 0.3 is 0 Å². The molecule has 7 nitrogen and oxygen atoms in total. The van der Waals surface area contributed by atoms with Crippen LogP contribution in [0.2, 0.25) is 0 Å². The molecular formula is C18H22N6O. The molecule has 0 atom stereocenters. The van der Waals surface area contributed by atoms with Crippen molar-refractivity contribution >= 4 is 17.2 Å². The summed E-state index contributed by atoms with van der Waals surface area (Å²) >= 11 is 0. The minimum atomic E-state index is -0.122. The molecule has 1 saturated heterocycles. The van der Waals surface area contributed by atoms with Crippen LogP contribution in [0.25, 0.3) is 11.0 Å². The van der Waals surface area contributed by atoms with Crippen LogP contribution in [0, 0.1) is 0 Å². The van der Waals surface area contributed by atoms with Crippen molar-refractivity contribution < 1.29 is 0 Å². The number of H-pyrrole nitrogens is 1. The summed E-state index contributed by atoms with van der Waals surface area (Å²) in [5, 5.41) is 0. The lowest BCUT2D eigenvalue weighted by Gasteiger charge is -2.35. The van der Waals surface area contributed by atoms with Crippen LogP contribution in [0.4, 0.5) is 0 Å². The quantitative estimate of drug-likeness (QED) is 0.796. The van der Waals surface area contributed by atoms with E-state index >= 15 is 0 Å². The molecule has 1 aromatic heterocycles. The van der Waals surface area contributed by atoms with E-state index in [-0.39, 0.29) is 5.56 Å². The van der Waals surface area contributed by atoms with Crippen LogP contribution >= 0.6 is 0 Å². The molecule has 3 rings (SSSR count). The Morgan fingerprint density at radius 1 is 1.32 bits per heavy atom. The molecule has 1 aromatic carbocycles. The van der Waals surface area contributed by atoms with Crippen LogP contribution in [0.5, 0.6) is 0 Å². The number of aliphatic imine (C=N–C) groups is 1. The van der Waals surface area contributed by atoms with Crippen molar-refractivity contribution in [1.82, 2.24) is 19.8 Å². The normalized spacial score (nSPS) is 16.2. The van der Waals surface area contributed by atoms with Crippen molar-refractivity contribution in [2.45, 2.75) is 6.54 Å². The monoisotopic (exact) mass is 338 g/mol. The van der Waals surface area contributed by atoms with Crippen molar-refractivity contribution in [1.29, 1.82) is 0 Å². The first-order chi connectivity index (χ1) is 12.2. The van der Waals surface area contributed by atoms with Gasteiger partial charge in [-0.2, -0.15) is 0 Å². The summed E-state index contributed by atoms with van der Waals surface area (Å²) in [6, 6.07) is 7.57. The lowest BCUT2D eigenvalue weighted by molar-refractivity contribution is 0.151. The molecule has 0 bridgehead atoms. The summed E-state index contributed by atoms with van der Waals surface area (Å²) in [7, 11) is 0. The Labute approximate surface area is 146 Å². The fourth-order valence-electron chi connectivity index (χ4n) is 2.81. The first-order valence-corrected chi connectivity index (χ1v) is 8.22. The zero-order valence-electron chi connectivity index (χ0n) is 14.1. The number of nitrogens with zero attached hydrogens (tertiary/aromatic N) is 4. The maximum absolute atomic E-state index is 12.2. The van der Waals surface area contributed by atoms with Gasteiger partial charge in [0.15, 0.2) is 0 Å². The Morgan fingerprint density at radius 3 is 2.84 bits per heavy atom. The van der Waals surface area contributed by atoms with Gasteiger partial charge in [-0.05, 0) is 24.4 Å². The Balaban J connectivity index is 1.62. The van der Waals surface area contributed by atoms with Gasteiger partial charge < -0.3 is 15.6 Å². The summed E-state index contributed by atoms with van der Waals surface area (Å²) in [6.07, 6.45) is 4.73. The standard InChI is InChI=1S/C18H22N6O/c1-14(20-8-4-7-19)24-11-9-23(10-12-24)13-17-18(25)22-16-6-3-2-5-15(16)21-17/h2-8H,1,9-13,19H2,(H,22,25)/b7-4-,20-8?. The van der Waals surface area contributed by atoms with E-state index < -0.39 is 0 Å². The van der Waals surface area contributed by atoms with Crippen LogP contribution in [-0.2, 0) is 6.54 Å². The first kappa shape index (κ1) is 16.9. The minimum Gasteiger partial charge on any atom is -0.405 e. The third-order valence-electron chi connectivity index (χ3n) is 4.20. The molecule has 0 amide bonds. The van der Waals surface area contributed by atoms with Crippen LogP contribution < -0.4 is 11.3 Å². The van der Waals surface area contributed by atoms with E-state index in [9.17, 15) is 4.79 Å². The molecule has 130 valence electrons. The number of aromatic nitrogens is 2. The lowest BCUT2D eigenvalue weighted by atomic mass is 10.2. The number of nitrogens with one attached hydrogen (secondary N) is 1. The van der Waals surface area contributed by atoms with Crippen molar-refractivity contribution in [2.24, 2.45) is 10.7 Å². The second-order valence-electron chi connectivity index (χ2n) is 5.87. The fraction of sp³-hybridized carbons (Fsp3) is 0.278. The van der Waals surface area contributed by atoms with Crippen molar-refractivity contribution in [3.05, 3.63) is 65.0 Å². The number of para-hydroxylation sites is 2. The third-order valence-corrected chi connectivity index (χ3v) is 4.20. The molecule has 7 heteroatoms. The summed E-state index contributed by atoms with van der Waals surface area (Å²) in [6.45, 7) is 7.80. The number of fused-ring (bicyclic) bond motifs is 1. The van der Waals surface area contributed by atoms with E-state index in [0.717, 1.165) is 43.0 Å². The molecular weight excluding hydrogens is 316 g/mol. The number of hydrogen-bond acceptors (Lipinski definition) is 6. The molecule has 2 aromatic rings. The van der Waals surface area contributed by atoms with Crippen molar-refractivity contribution in [2.75, 3.05) is 26.2 Å². The van der Waals surface area contributed by atoms with Gasteiger partial charge in [-0.3, -0.25) is 9.69 Å². The van der Waals surface area contributed by atoms with E-state index in [1.54, 1.807) is 12.3 Å². The largest absolute Gasteiger partial charge is 0.405 e. The molecule has 1 aliphatic heterocycles. The highest BCUT2D eigenvalue weighted by Gasteiger charge is 2.19. The number of rotatable bonds is 5. The number of allylic oxidation sites excluding steroid dienone is 1. The molecule has 0 aliphatic carbocycles. The SMILES string of the molecule is C=C(N=C/C=C\N)N1CCN(Cc2nc3ccccc3[nH]c2=O)CC1. The summed E-state index contributed by atoms with van der Waals surface area (Å²) in [5.41, 5.74) is 7.28. The number of benzene rings is 1. The van der Waals surface area contributed by atoms with Gasteiger partial charge in [-0.1, -0.05) is 18.7 Å². The number of aromatic amines is 1. The first-order valence-electron chi connectivity index (χ1n) is 8.22. The molecule has 0 radical (unpaired) electrons. The van der Waals surface area contributed by atoms with Crippen LogP contribution in [0.3, 0.4) is 0 Å².